The zero-order valence-corrected chi connectivity index (χ0v) is 20.8. The summed E-state index contributed by atoms with van der Waals surface area (Å²) in [4.78, 5) is 23.3. The van der Waals surface area contributed by atoms with Crippen LogP contribution in [0.2, 0.25) is 0 Å². The van der Waals surface area contributed by atoms with Crippen molar-refractivity contribution in [1.29, 1.82) is 0 Å². The summed E-state index contributed by atoms with van der Waals surface area (Å²) in [5.74, 6) is 0.713. The van der Waals surface area contributed by atoms with Gasteiger partial charge in [0.1, 0.15) is 5.75 Å². The number of rotatable bonds is 7. The molecule has 3 aromatic carbocycles. The number of benzene rings is 3. The maximum absolute atomic E-state index is 13.1. The number of carbonyl (C=O) groups excluding carboxylic acids is 1. The van der Waals surface area contributed by atoms with Gasteiger partial charge in [0.25, 0.3) is 0 Å². The molecule has 0 saturated heterocycles. The van der Waals surface area contributed by atoms with E-state index in [2.05, 4.69) is 31.1 Å². The second kappa shape index (κ2) is 10.5. The van der Waals surface area contributed by atoms with Gasteiger partial charge in [0, 0.05) is 10.9 Å². The molecule has 0 fully saturated rings. The Morgan fingerprint density at radius 3 is 2.23 bits per heavy atom. The second-order valence-electron chi connectivity index (χ2n) is 9.10. The first-order valence-electron chi connectivity index (χ1n) is 11.8. The van der Waals surface area contributed by atoms with Crippen LogP contribution in [0, 0.1) is 0 Å². The van der Waals surface area contributed by atoms with Gasteiger partial charge in [-0.3, -0.25) is 0 Å². The van der Waals surface area contributed by atoms with Crippen molar-refractivity contribution in [3.8, 4) is 17.0 Å². The molecule has 0 bridgehead atoms. The standard InChI is InChI=1S/C30H30N2O3/c1-19(2)22-10-12-23(13-11-22)21(5)32-35-30(33)27-18-29(31-28-9-7-6-8-26(27)28)24-14-16-25(17-15-24)34-20(3)4/h6-20H,1-5H3/b32-21+. The Bertz CT molecular complexity index is 1360. The van der Waals surface area contributed by atoms with Gasteiger partial charge in [-0.15, -0.1) is 0 Å². The molecular formula is C30H30N2O3. The van der Waals surface area contributed by atoms with Crippen LogP contribution < -0.4 is 4.74 Å². The number of fused-ring (bicyclic) bond motifs is 1. The number of oxime groups is 1. The Morgan fingerprint density at radius 2 is 1.57 bits per heavy atom. The molecule has 0 aliphatic heterocycles. The average molecular weight is 467 g/mol. The monoisotopic (exact) mass is 466 g/mol. The third-order valence-corrected chi connectivity index (χ3v) is 5.72. The smallest absolute Gasteiger partial charge is 0.366 e. The van der Waals surface area contributed by atoms with Gasteiger partial charge >= 0.3 is 5.97 Å². The highest BCUT2D eigenvalue weighted by molar-refractivity contribution is 6.05. The SMILES string of the molecule is C/C(=N\OC(=O)c1cc(-c2ccc(OC(C)C)cc2)nc2ccccc12)c1ccc(C(C)C)cc1. The van der Waals surface area contributed by atoms with Gasteiger partial charge in [-0.05, 0) is 74.2 Å². The van der Waals surface area contributed by atoms with Crippen molar-refractivity contribution in [3.05, 3.63) is 95.6 Å². The summed E-state index contributed by atoms with van der Waals surface area (Å²) >= 11 is 0. The first-order chi connectivity index (χ1) is 16.8. The molecule has 0 radical (unpaired) electrons. The Balaban J connectivity index is 1.62. The van der Waals surface area contributed by atoms with Gasteiger partial charge in [-0.1, -0.05) is 61.5 Å². The molecule has 0 spiro atoms. The highest BCUT2D eigenvalue weighted by Crippen LogP contribution is 2.27. The van der Waals surface area contributed by atoms with Crippen LogP contribution in [0.4, 0.5) is 0 Å². The molecule has 5 heteroatoms. The van der Waals surface area contributed by atoms with E-state index in [1.165, 1.54) is 5.56 Å². The Morgan fingerprint density at radius 1 is 0.886 bits per heavy atom. The molecule has 0 unspecified atom stereocenters. The molecule has 0 saturated carbocycles. The largest absolute Gasteiger partial charge is 0.491 e. The summed E-state index contributed by atoms with van der Waals surface area (Å²) in [5, 5.41) is 4.84. The molecule has 5 nitrogen and oxygen atoms in total. The first kappa shape index (κ1) is 24.1. The summed E-state index contributed by atoms with van der Waals surface area (Å²) in [5.41, 5.74) is 5.48. The van der Waals surface area contributed by atoms with E-state index < -0.39 is 5.97 Å². The lowest BCUT2D eigenvalue weighted by Crippen LogP contribution is -2.06. The van der Waals surface area contributed by atoms with Gasteiger partial charge in [-0.25, -0.2) is 9.78 Å². The third-order valence-electron chi connectivity index (χ3n) is 5.72. The maximum atomic E-state index is 13.1. The van der Waals surface area contributed by atoms with Crippen LogP contribution in [0.15, 0.2) is 84.0 Å². The van der Waals surface area contributed by atoms with Crippen LogP contribution in [0.1, 0.15) is 62.0 Å². The van der Waals surface area contributed by atoms with Crippen molar-refractivity contribution < 1.29 is 14.4 Å². The van der Waals surface area contributed by atoms with Crippen LogP contribution in [0.5, 0.6) is 5.75 Å². The quantitative estimate of drug-likeness (QED) is 0.162. The predicted octanol–water partition coefficient (Wildman–Crippen LogP) is 7.39. The van der Waals surface area contributed by atoms with Crippen LogP contribution in [-0.2, 0) is 4.84 Å². The lowest BCUT2D eigenvalue weighted by Gasteiger charge is -2.11. The molecule has 0 aliphatic rings. The van der Waals surface area contributed by atoms with Crippen molar-refractivity contribution >= 4 is 22.6 Å². The van der Waals surface area contributed by atoms with Gasteiger partial charge in [0.2, 0.25) is 0 Å². The molecule has 4 rings (SSSR count). The molecule has 1 heterocycles. The van der Waals surface area contributed by atoms with Crippen molar-refractivity contribution in [2.45, 2.75) is 46.6 Å². The highest BCUT2D eigenvalue weighted by atomic mass is 16.7. The summed E-state index contributed by atoms with van der Waals surface area (Å²) < 4.78 is 5.74. The van der Waals surface area contributed by atoms with E-state index in [-0.39, 0.29) is 6.10 Å². The summed E-state index contributed by atoms with van der Waals surface area (Å²) in [6, 6.07) is 25.1. The number of hydrogen-bond donors (Lipinski definition) is 0. The molecule has 0 atom stereocenters. The van der Waals surface area contributed by atoms with E-state index in [4.69, 9.17) is 14.6 Å². The van der Waals surface area contributed by atoms with E-state index in [1.54, 1.807) is 6.07 Å². The lowest BCUT2D eigenvalue weighted by atomic mass is 10.0. The number of pyridine rings is 1. The van der Waals surface area contributed by atoms with Crippen LogP contribution >= 0.6 is 0 Å². The Hall–Kier alpha value is -3.99. The van der Waals surface area contributed by atoms with Gasteiger partial charge in [0.15, 0.2) is 0 Å². The normalized spacial score (nSPS) is 11.8. The molecule has 178 valence electrons. The number of hydrogen-bond acceptors (Lipinski definition) is 5. The zero-order chi connectivity index (χ0) is 24.9. The molecule has 35 heavy (non-hydrogen) atoms. The lowest BCUT2D eigenvalue weighted by molar-refractivity contribution is 0.0518. The van der Waals surface area contributed by atoms with Gasteiger partial charge in [-0.2, -0.15) is 0 Å². The van der Waals surface area contributed by atoms with E-state index >= 15 is 0 Å². The van der Waals surface area contributed by atoms with Gasteiger partial charge in [0.05, 0.1) is 28.6 Å². The number of ether oxygens (including phenoxy) is 1. The topological polar surface area (TPSA) is 60.8 Å². The number of aromatic nitrogens is 1. The highest BCUT2D eigenvalue weighted by Gasteiger charge is 2.16. The summed E-state index contributed by atoms with van der Waals surface area (Å²) in [6.07, 6.45) is 0.0955. The first-order valence-corrected chi connectivity index (χ1v) is 11.8. The fourth-order valence-corrected chi connectivity index (χ4v) is 3.79. The minimum absolute atomic E-state index is 0.0955. The van der Waals surface area contributed by atoms with Crippen molar-refractivity contribution in [1.82, 2.24) is 4.98 Å². The van der Waals surface area contributed by atoms with Crippen molar-refractivity contribution in [2.75, 3.05) is 0 Å². The Kier molecular flexibility index (Phi) is 7.25. The fourth-order valence-electron chi connectivity index (χ4n) is 3.79. The molecule has 1 aromatic heterocycles. The van der Waals surface area contributed by atoms with Crippen LogP contribution in [0.25, 0.3) is 22.2 Å². The molecular weight excluding hydrogens is 436 g/mol. The molecule has 0 aliphatic carbocycles. The van der Waals surface area contributed by atoms with E-state index in [1.807, 2.05) is 81.4 Å². The Labute approximate surface area is 206 Å². The van der Waals surface area contributed by atoms with Crippen LogP contribution in [-0.4, -0.2) is 22.8 Å². The van der Waals surface area contributed by atoms with Crippen molar-refractivity contribution in [3.63, 3.8) is 0 Å². The fraction of sp³-hybridized carbons (Fsp3) is 0.233. The predicted molar refractivity (Wildman–Crippen MR) is 141 cm³/mol. The summed E-state index contributed by atoms with van der Waals surface area (Å²) in [6.45, 7) is 10.1. The number of nitrogens with zero attached hydrogens (tertiary/aromatic N) is 2. The summed E-state index contributed by atoms with van der Waals surface area (Å²) in [7, 11) is 0. The zero-order valence-electron chi connectivity index (χ0n) is 20.8. The number of carbonyl (C=O) groups is 1. The minimum Gasteiger partial charge on any atom is -0.491 e. The molecule has 0 amide bonds. The van der Waals surface area contributed by atoms with Crippen molar-refractivity contribution in [2.24, 2.45) is 5.16 Å². The van der Waals surface area contributed by atoms with Crippen LogP contribution in [0.3, 0.4) is 0 Å². The second-order valence-corrected chi connectivity index (χ2v) is 9.10. The third kappa shape index (κ3) is 5.75. The minimum atomic E-state index is -0.525. The van der Waals surface area contributed by atoms with E-state index in [0.29, 0.717) is 28.4 Å². The average Bonchev–Trinajstić information content (AvgIpc) is 2.86. The number of para-hydroxylation sites is 1. The van der Waals surface area contributed by atoms with E-state index in [9.17, 15) is 4.79 Å². The molecule has 0 N–H and O–H groups in total. The van der Waals surface area contributed by atoms with Gasteiger partial charge < -0.3 is 9.57 Å². The molecule has 4 aromatic rings. The maximum Gasteiger partial charge on any atom is 0.366 e. The van der Waals surface area contributed by atoms with E-state index in [0.717, 1.165) is 22.3 Å².